The number of carbonyl (C=O) groups is 1. The van der Waals surface area contributed by atoms with Gasteiger partial charge in [0, 0.05) is 29.9 Å². The second-order valence-electron chi connectivity index (χ2n) is 5.47. The second kappa shape index (κ2) is 5.11. The summed E-state index contributed by atoms with van der Waals surface area (Å²) in [5, 5.41) is 0. The molecule has 4 heteroatoms. The molecule has 102 valence electrons. The molecule has 1 amide bonds. The fourth-order valence-electron chi connectivity index (χ4n) is 3.06. The fourth-order valence-corrected chi connectivity index (χ4v) is 3.06. The lowest BCUT2D eigenvalue weighted by atomic mass is 9.94. The smallest absolute Gasteiger partial charge is 0.261 e. The van der Waals surface area contributed by atoms with Crippen LogP contribution in [0, 0.1) is 0 Å². The minimum Gasteiger partial charge on any atom is -0.483 e. The summed E-state index contributed by atoms with van der Waals surface area (Å²) in [6.07, 6.45) is 5.99. The Bertz CT molecular complexity index is 481. The van der Waals surface area contributed by atoms with E-state index >= 15 is 0 Å². The van der Waals surface area contributed by atoms with Gasteiger partial charge in [-0.25, -0.2) is 0 Å². The SMILES string of the molecule is Nc1ccc2c(c1)OCC(=O)N(C1CCCCC1)C2. The van der Waals surface area contributed by atoms with Gasteiger partial charge in [0.1, 0.15) is 5.75 Å². The molecule has 1 aliphatic carbocycles. The molecule has 1 saturated carbocycles. The van der Waals surface area contributed by atoms with Gasteiger partial charge in [-0.2, -0.15) is 0 Å². The summed E-state index contributed by atoms with van der Waals surface area (Å²) >= 11 is 0. The van der Waals surface area contributed by atoms with Crippen LogP contribution in [0.4, 0.5) is 5.69 Å². The third-order valence-corrected chi connectivity index (χ3v) is 4.12. The number of rotatable bonds is 1. The highest BCUT2D eigenvalue weighted by atomic mass is 16.5. The van der Waals surface area contributed by atoms with Crippen molar-refractivity contribution >= 4 is 11.6 Å². The maximum Gasteiger partial charge on any atom is 0.261 e. The molecular formula is C15H20N2O2. The second-order valence-corrected chi connectivity index (χ2v) is 5.47. The number of amides is 1. The number of benzene rings is 1. The van der Waals surface area contributed by atoms with Gasteiger partial charge in [0.2, 0.25) is 0 Å². The number of hydrogen-bond acceptors (Lipinski definition) is 3. The van der Waals surface area contributed by atoms with E-state index in [9.17, 15) is 4.79 Å². The van der Waals surface area contributed by atoms with Gasteiger partial charge in [-0.3, -0.25) is 4.79 Å². The molecule has 0 saturated heterocycles. The Morgan fingerprint density at radius 1 is 1.21 bits per heavy atom. The number of ether oxygens (including phenoxy) is 1. The molecule has 0 spiro atoms. The minimum absolute atomic E-state index is 0.0988. The third-order valence-electron chi connectivity index (χ3n) is 4.12. The van der Waals surface area contributed by atoms with E-state index in [2.05, 4.69) is 0 Å². The van der Waals surface area contributed by atoms with E-state index in [0.717, 1.165) is 24.2 Å². The van der Waals surface area contributed by atoms with Gasteiger partial charge in [0.05, 0.1) is 0 Å². The number of anilines is 1. The number of nitrogens with zero attached hydrogens (tertiary/aromatic N) is 1. The van der Waals surface area contributed by atoms with Crippen molar-refractivity contribution in [3.05, 3.63) is 23.8 Å². The van der Waals surface area contributed by atoms with Crippen molar-refractivity contribution in [1.29, 1.82) is 0 Å². The molecular weight excluding hydrogens is 240 g/mol. The van der Waals surface area contributed by atoms with Crippen molar-refractivity contribution in [3.63, 3.8) is 0 Å². The zero-order chi connectivity index (χ0) is 13.2. The van der Waals surface area contributed by atoms with Crippen molar-refractivity contribution in [2.45, 2.75) is 44.7 Å². The maximum absolute atomic E-state index is 12.2. The first-order valence-corrected chi connectivity index (χ1v) is 7.05. The first kappa shape index (κ1) is 12.3. The fraction of sp³-hybridized carbons (Fsp3) is 0.533. The minimum atomic E-state index is 0.0988. The zero-order valence-corrected chi connectivity index (χ0v) is 11.1. The highest BCUT2D eigenvalue weighted by Gasteiger charge is 2.28. The summed E-state index contributed by atoms with van der Waals surface area (Å²) in [4.78, 5) is 14.2. The van der Waals surface area contributed by atoms with Gasteiger partial charge < -0.3 is 15.4 Å². The molecule has 1 aromatic rings. The van der Waals surface area contributed by atoms with Crippen molar-refractivity contribution in [2.24, 2.45) is 0 Å². The Balaban J connectivity index is 1.85. The quantitative estimate of drug-likeness (QED) is 0.788. The maximum atomic E-state index is 12.2. The van der Waals surface area contributed by atoms with Crippen molar-refractivity contribution in [3.8, 4) is 5.75 Å². The average Bonchev–Trinajstić information content (AvgIpc) is 2.60. The number of hydrogen-bond donors (Lipinski definition) is 1. The van der Waals surface area contributed by atoms with Crippen molar-refractivity contribution in [1.82, 2.24) is 4.90 Å². The highest BCUT2D eigenvalue weighted by molar-refractivity contribution is 5.79. The van der Waals surface area contributed by atoms with Crippen LogP contribution in [0.25, 0.3) is 0 Å². The third kappa shape index (κ3) is 2.53. The number of carbonyl (C=O) groups excluding carboxylic acids is 1. The zero-order valence-electron chi connectivity index (χ0n) is 11.1. The Morgan fingerprint density at radius 2 is 2.00 bits per heavy atom. The van der Waals surface area contributed by atoms with Crippen LogP contribution < -0.4 is 10.5 Å². The molecule has 3 rings (SSSR count). The van der Waals surface area contributed by atoms with Crippen molar-refractivity contribution < 1.29 is 9.53 Å². The van der Waals surface area contributed by atoms with Crippen molar-refractivity contribution in [2.75, 3.05) is 12.3 Å². The summed E-state index contributed by atoms with van der Waals surface area (Å²) in [6.45, 7) is 0.784. The summed E-state index contributed by atoms with van der Waals surface area (Å²) in [7, 11) is 0. The van der Waals surface area contributed by atoms with Crippen LogP contribution in [0.3, 0.4) is 0 Å². The highest BCUT2D eigenvalue weighted by Crippen LogP contribution is 2.30. The Labute approximate surface area is 113 Å². The first-order valence-electron chi connectivity index (χ1n) is 7.05. The number of nitrogen functional groups attached to an aromatic ring is 1. The van der Waals surface area contributed by atoms with E-state index in [4.69, 9.17) is 10.5 Å². The van der Waals surface area contributed by atoms with Gasteiger partial charge in [-0.05, 0) is 18.9 Å². The van der Waals surface area contributed by atoms with E-state index in [1.165, 1.54) is 19.3 Å². The van der Waals surface area contributed by atoms with Crippen LogP contribution in [-0.2, 0) is 11.3 Å². The van der Waals surface area contributed by atoms with E-state index in [0.29, 0.717) is 18.3 Å². The van der Waals surface area contributed by atoms with Crippen LogP contribution >= 0.6 is 0 Å². The largest absolute Gasteiger partial charge is 0.483 e. The molecule has 1 aromatic carbocycles. The van der Waals surface area contributed by atoms with E-state index < -0.39 is 0 Å². The lowest BCUT2D eigenvalue weighted by Crippen LogP contribution is -2.41. The summed E-state index contributed by atoms with van der Waals surface area (Å²) in [6, 6.07) is 6.04. The van der Waals surface area contributed by atoms with E-state index in [-0.39, 0.29) is 12.5 Å². The molecule has 0 radical (unpaired) electrons. The van der Waals surface area contributed by atoms with Crippen LogP contribution in [-0.4, -0.2) is 23.5 Å². The molecule has 19 heavy (non-hydrogen) atoms. The van der Waals surface area contributed by atoms with Gasteiger partial charge in [0.15, 0.2) is 6.61 Å². The van der Waals surface area contributed by atoms with E-state index in [1.807, 2.05) is 23.1 Å². The number of fused-ring (bicyclic) bond motifs is 1. The molecule has 2 aliphatic rings. The predicted molar refractivity (Wildman–Crippen MR) is 73.8 cm³/mol. The predicted octanol–water partition coefficient (Wildman–Crippen LogP) is 2.32. The number of nitrogens with two attached hydrogens (primary N) is 1. The topological polar surface area (TPSA) is 55.6 Å². The normalized spacial score (nSPS) is 20.6. The molecule has 4 nitrogen and oxygen atoms in total. The monoisotopic (exact) mass is 260 g/mol. The molecule has 1 aliphatic heterocycles. The van der Waals surface area contributed by atoms with Crippen LogP contribution in [0.2, 0.25) is 0 Å². The van der Waals surface area contributed by atoms with Gasteiger partial charge in [0.25, 0.3) is 5.91 Å². The van der Waals surface area contributed by atoms with E-state index in [1.54, 1.807) is 0 Å². The Hall–Kier alpha value is -1.71. The van der Waals surface area contributed by atoms with Gasteiger partial charge in [-0.15, -0.1) is 0 Å². The Kier molecular flexibility index (Phi) is 3.32. The first-order chi connectivity index (χ1) is 9.24. The summed E-state index contributed by atoms with van der Waals surface area (Å²) in [5.74, 6) is 0.855. The average molecular weight is 260 g/mol. The molecule has 1 heterocycles. The summed E-state index contributed by atoms with van der Waals surface area (Å²) in [5.41, 5.74) is 7.51. The molecule has 0 unspecified atom stereocenters. The molecule has 0 atom stereocenters. The van der Waals surface area contributed by atoms with Crippen LogP contribution in [0.1, 0.15) is 37.7 Å². The van der Waals surface area contributed by atoms with Gasteiger partial charge >= 0.3 is 0 Å². The molecule has 0 bridgehead atoms. The Morgan fingerprint density at radius 3 is 2.79 bits per heavy atom. The molecule has 2 N–H and O–H groups in total. The molecule has 1 fully saturated rings. The lowest BCUT2D eigenvalue weighted by Gasteiger charge is -2.33. The lowest BCUT2D eigenvalue weighted by molar-refractivity contribution is -0.136. The standard InChI is InChI=1S/C15H20N2O2/c16-12-7-6-11-9-17(13-4-2-1-3-5-13)15(18)10-19-14(11)8-12/h6-8,13H,1-5,9-10,16H2. The van der Waals surface area contributed by atoms with Crippen LogP contribution in [0.15, 0.2) is 18.2 Å². The summed E-state index contributed by atoms with van der Waals surface area (Å²) < 4.78 is 5.59. The van der Waals surface area contributed by atoms with Gasteiger partial charge in [-0.1, -0.05) is 25.3 Å². The van der Waals surface area contributed by atoms with Crippen LogP contribution in [0.5, 0.6) is 5.75 Å². The molecule has 0 aromatic heterocycles.